The van der Waals surface area contributed by atoms with Gasteiger partial charge in [0.25, 0.3) is 0 Å². The maximum Gasteiger partial charge on any atom is 0.413 e. The first kappa shape index (κ1) is 23.8. The highest BCUT2D eigenvalue weighted by atomic mass is 19.4. The molecule has 2 heterocycles. The molecule has 4 rings (SSSR count). The van der Waals surface area contributed by atoms with Gasteiger partial charge in [0, 0.05) is 42.7 Å². The quantitative estimate of drug-likeness (QED) is 0.602. The second kappa shape index (κ2) is 9.89. The van der Waals surface area contributed by atoms with E-state index in [0.717, 1.165) is 44.3 Å². The van der Waals surface area contributed by atoms with Crippen molar-refractivity contribution in [2.75, 3.05) is 26.7 Å². The van der Waals surface area contributed by atoms with Crippen LogP contribution in [0, 0.1) is 5.92 Å². The third-order valence-electron chi connectivity index (χ3n) is 6.67. The normalized spacial score (nSPS) is 24.5. The van der Waals surface area contributed by atoms with E-state index < -0.39 is 17.8 Å². The molecule has 0 aromatic heterocycles. The second-order valence-corrected chi connectivity index (χ2v) is 9.33. The fourth-order valence-corrected chi connectivity index (χ4v) is 4.50. The summed E-state index contributed by atoms with van der Waals surface area (Å²) in [4.78, 5) is 14.1. The number of alkyl halides is 3. The molecule has 1 aromatic carbocycles. The van der Waals surface area contributed by atoms with E-state index in [4.69, 9.17) is 4.74 Å². The molecule has 1 saturated carbocycles. The lowest BCUT2D eigenvalue weighted by Crippen LogP contribution is -2.42. The first-order valence-corrected chi connectivity index (χ1v) is 11.7. The van der Waals surface area contributed by atoms with Crippen molar-refractivity contribution in [3.05, 3.63) is 53.6 Å². The van der Waals surface area contributed by atoms with Crippen molar-refractivity contribution < 1.29 is 22.7 Å². The first-order valence-electron chi connectivity index (χ1n) is 11.7. The number of nitrogens with one attached hydrogen (secondary N) is 2. The van der Waals surface area contributed by atoms with E-state index in [0.29, 0.717) is 24.3 Å². The zero-order chi connectivity index (χ0) is 23.6. The number of fused-ring (bicyclic) bond motifs is 1. The van der Waals surface area contributed by atoms with Gasteiger partial charge in [-0.15, -0.1) is 0 Å². The van der Waals surface area contributed by atoms with Gasteiger partial charge in [0.05, 0.1) is 6.04 Å². The summed E-state index contributed by atoms with van der Waals surface area (Å²) in [6, 6.07) is 3.95. The van der Waals surface area contributed by atoms with E-state index in [2.05, 4.69) is 29.2 Å². The predicted octanol–water partition coefficient (Wildman–Crippen LogP) is 3.92. The Morgan fingerprint density at radius 1 is 1.27 bits per heavy atom. The van der Waals surface area contributed by atoms with Crippen LogP contribution in [0.25, 0.3) is 0 Å². The van der Waals surface area contributed by atoms with Gasteiger partial charge in [-0.3, -0.25) is 10.1 Å². The minimum Gasteiger partial charge on any atom is -0.490 e. The van der Waals surface area contributed by atoms with Gasteiger partial charge in [0.2, 0.25) is 5.91 Å². The van der Waals surface area contributed by atoms with Crippen LogP contribution in [-0.2, 0) is 11.2 Å². The number of piperidine rings is 1. The third kappa shape index (κ3) is 5.98. The molecule has 1 amide bonds. The summed E-state index contributed by atoms with van der Waals surface area (Å²) in [6.07, 6.45) is 3.32. The third-order valence-corrected chi connectivity index (χ3v) is 6.67. The number of hydrogen-bond acceptors (Lipinski definition) is 4. The number of halogens is 3. The monoisotopic (exact) mass is 463 g/mol. The van der Waals surface area contributed by atoms with Crippen molar-refractivity contribution in [2.24, 2.45) is 5.92 Å². The molecule has 1 aromatic rings. The van der Waals surface area contributed by atoms with Crippen LogP contribution in [0.4, 0.5) is 13.2 Å². The summed E-state index contributed by atoms with van der Waals surface area (Å²) in [5.74, 6) is 0.819. The van der Waals surface area contributed by atoms with E-state index in [1.54, 1.807) is 18.2 Å². The van der Waals surface area contributed by atoms with Crippen molar-refractivity contribution in [3.63, 3.8) is 0 Å². The van der Waals surface area contributed by atoms with Gasteiger partial charge in [0.15, 0.2) is 0 Å². The Morgan fingerprint density at radius 2 is 2.00 bits per heavy atom. The molecule has 0 radical (unpaired) electrons. The molecule has 2 atom stereocenters. The molecule has 5 nitrogen and oxygen atoms in total. The molecule has 33 heavy (non-hydrogen) atoms. The van der Waals surface area contributed by atoms with Crippen LogP contribution < -0.4 is 15.4 Å². The number of ether oxygens (including phenoxy) is 1. The number of amides is 1. The average molecular weight is 464 g/mol. The number of likely N-dealkylation sites (tertiary alicyclic amines) is 1. The van der Waals surface area contributed by atoms with Gasteiger partial charge in [-0.2, -0.15) is 13.2 Å². The van der Waals surface area contributed by atoms with E-state index in [1.165, 1.54) is 0 Å². The van der Waals surface area contributed by atoms with Gasteiger partial charge in [-0.25, -0.2) is 0 Å². The number of carbonyl (C=O) groups excluding carboxylic acids is 1. The predicted molar refractivity (Wildman–Crippen MR) is 121 cm³/mol. The Labute approximate surface area is 193 Å². The Balaban J connectivity index is 1.52. The first-order chi connectivity index (χ1) is 15.7. The zero-order valence-corrected chi connectivity index (χ0v) is 19.0. The summed E-state index contributed by atoms with van der Waals surface area (Å²) in [6.45, 7) is 5.60. The highest BCUT2D eigenvalue weighted by Crippen LogP contribution is 2.41. The Morgan fingerprint density at radius 3 is 2.67 bits per heavy atom. The standard InChI is InChI=1S/C25H32F3N3O2/c1-16(25(26,27)28)23-20-6-3-7-22(33-19-10-13-31(2)14-11-19)21(20)15-18(30-23)5-4-12-29-24(32)17-8-9-17/h3-7,17-19,23,30H,1,8-15H2,2H3,(H,29,32)/b5-4+. The van der Waals surface area contributed by atoms with Crippen LogP contribution in [-0.4, -0.2) is 55.8 Å². The second-order valence-electron chi connectivity index (χ2n) is 9.33. The Hall–Kier alpha value is -2.32. The summed E-state index contributed by atoms with van der Waals surface area (Å²) >= 11 is 0. The molecule has 2 unspecified atom stereocenters. The molecule has 180 valence electrons. The lowest BCUT2D eigenvalue weighted by Gasteiger charge is -2.36. The van der Waals surface area contributed by atoms with Gasteiger partial charge in [-0.1, -0.05) is 30.9 Å². The maximum atomic E-state index is 13.6. The molecule has 3 aliphatic rings. The molecular weight excluding hydrogens is 431 g/mol. The molecule has 2 aliphatic heterocycles. The van der Waals surface area contributed by atoms with Crippen molar-refractivity contribution >= 4 is 5.91 Å². The van der Waals surface area contributed by atoms with Gasteiger partial charge < -0.3 is 15.0 Å². The van der Waals surface area contributed by atoms with Crippen LogP contribution in [0.5, 0.6) is 5.75 Å². The van der Waals surface area contributed by atoms with Gasteiger partial charge in [-0.05, 0) is 50.8 Å². The van der Waals surface area contributed by atoms with Crippen LogP contribution in [0.15, 0.2) is 42.5 Å². The van der Waals surface area contributed by atoms with Crippen LogP contribution >= 0.6 is 0 Å². The fraction of sp³-hybridized carbons (Fsp3) is 0.560. The van der Waals surface area contributed by atoms with Gasteiger partial charge in [0.1, 0.15) is 11.9 Å². The Kier molecular flexibility index (Phi) is 7.14. The molecule has 2 fully saturated rings. The lowest BCUT2D eigenvalue weighted by molar-refractivity contribution is -0.122. The van der Waals surface area contributed by atoms with Crippen LogP contribution in [0.1, 0.15) is 42.9 Å². The van der Waals surface area contributed by atoms with E-state index in [9.17, 15) is 18.0 Å². The SMILES string of the molecule is C=C(C1NC(/C=C/CNC(=O)C2CC2)Cc2c(OC3CCN(C)CC3)cccc21)C(F)(F)F. The van der Waals surface area contributed by atoms with E-state index in [-0.39, 0.29) is 24.0 Å². The smallest absolute Gasteiger partial charge is 0.413 e. The molecule has 0 bridgehead atoms. The topological polar surface area (TPSA) is 53.6 Å². The fourth-order valence-electron chi connectivity index (χ4n) is 4.50. The highest BCUT2D eigenvalue weighted by Gasteiger charge is 2.41. The number of carbonyl (C=O) groups is 1. The molecule has 1 saturated heterocycles. The maximum absolute atomic E-state index is 13.6. The van der Waals surface area contributed by atoms with Crippen molar-refractivity contribution in [3.8, 4) is 5.75 Å². The lowest BCUT2D eigenvalue weighted by atomic mass is 9.86. The molecule has 2 N–H and O–H groups in total. The van der Waals surface area contributed by atoms with Crippen molar-refractivity contribution in [1.82, 2.24) is 15.5 Å². The van der Waals surface area contributed by atoms with Crippen molar-refractivity contribution in [2.45, 2.75) is 56.5 Å². The highest BCUT2D eigenvalue weighted by molar-refractivity contribution is 5.80. The van der Waals surface area contributed by atoms with E-state index >= 15 is 0 Å². The molecular formula is C25H32F3N3O2. The summed E-state index contributed by atoms with van der Waals surface area (Å²) in [7, 11) is 2.07. The minimum atomic E-state index is -4.51. The zero-order valence-electron chi connectivity index (χ0n) is 19.0. The molecule has 8 heteroatoms. The average Bonchev–Trinajstić information content (AvgIpc) is 3.62. The number of nitrogens with zero attached hydrogens (tertiary/aromatic N) is 1. The number of benzene rings is 1. The Bertz CT molecular complexity index is 903. The number of rotatable bonds is 7. The summed E-state index contributed by atoms with van der Waals surface area (Å²) in [5, 5.41) is 5.95. The minimum absolute atomic E-state index is 0.0405. The largest absolute Gasteiger partial charge is 0.490 e. The van der Waals surface area contributed by atoms with Crippen LogP contribution in [0.2, 0.25) is 0 Å². The van der Waals surface area contributed by atoms with Crippen LogP contribution in [0.3, 0.4) is 0 Å². The van der Waals surface area contributed by atoms with E-state index in [1.807, 2.05) is 12.1 Å². The molecule has 1 aliphatic carbocycles. The summed E-state index contributed by atoms with van der Waals surface area (Å²) < 4.78 is 47.1. The summed E-state index contributed by atoms with van der Waals surface area (Å²) in [5.41, 5.74) is 0.539. The molecule has 0 spiro atoms. The number of hydrogen-bond donors (Lipinski definition) is 2. The van der Waals surface area contributed by atoms with Crippen molar-refractivity contribution in [1.29, 1.82) is 0 Å². The van der Waals surface area contributed by atoms with Gasteiger partial charge >= 0.3 is 6.18 Å².